The molecule has 0 aromatic heterocycles. The zero-order valence-electron chi connectivity index (χ0n) is 21.5. The first kappa shape index (κ1) is 28.1. The van der Waals surface area contributed by atoms with Gasteiger partial charge in [-0.25, -0.2) is 14.0 Å². The third kappa shape index (κ3) is 8.90. The van der Waals surface area contributed by atoms with E-state index in [-0.39, 0.29) is 37.0 Å². The molecule has 0 radical (unpaired) electrons. The van der Waals surface area contributed by atoms with E-state index in [0.717, 1.165) is 50.9 Å². The highest BCUT2D eigenvalue weighted by Gasteiger charge is 2.32. The predicted molar refractivity (Wildman–Crippen MR) is 134 cm³/mol. The monoisotopic (exact) mass is 508 g/mol. The van der Waals surface area contributed by atoms with Gasteiger partial charge in [-0.1, -0.05) is 12.1 Å². The molecule has 3 rings (SSSR count). The highest BCUT2D eigenvalue weighted by Crippen LogP contribution is 2.33. The quantitative estimate of drug-likeness (QED) is 0.397. The molecule has 202 valence electrons. The smallest absolute Gasteiger partial charge is 0.406 e. The van der Waals surface area contributed by atoms with Crippen molar-refractivity contribution in [2.45, 2.75) is 44.2 Å². The van der Waals surface area contributed by atoms with Crippen molar-refractivity contribution in [1.82, 2.24) is 20.9 Å². The molecule has 0 aliphatic carbocycles. The van der Waals surface area contributed by atoms with Gasteiger partial charge >= 0.3 is 12.1 Å². The molecule has 4 atom stereocenters. The van der Waals surface area contributed by atoms with E-state index < -0.39 is 12.2 Å². The minimum atomic E-state index is -0.530. The zero-order valence-corrected chi connectivity index (χ0v) is 21.5. The van der Waals surface area contributed by atoms with Gasteiger partial charge in [0.15, 0.2) is 0 Å². The molecule has 1 aromatic carbocycles. The summed E-state index contributed by atoms with van der Waals surface area (Å²) in [4.78, 5) is 26.4. The van der Waals surface area contributed by atoms with E-state index in [1.165, 1.54) is 19.2 Å². The number of carbonyl (C=O) groups is 2. The molecule has 9 nitrogen and oxygen atoms in total. The number of amides is 3. The molecule has 1 aromatic rings. The van der Waals surface area contributed by atoms with Gasteiger partial charge < -0.3 is 35.1 Å². The number of ether oxygens (including phenoxy) is 3. The Bertz CT molecular complexity index is 823. The van der Waals surface area contributed by atoms with E-state index in [0.29, 0.717) is 25.6 Å². The first-order valence-electron chi connectivity index (χ1n) is 13.0. The molecule has 2 aliphatic heterocycles. The number of alkyl carbamates (subject to hydrolysis) is 1. The Morgan fingerprint density at radius 2 is 2.14 bits per heavy atom. The predicted octanol–water partition coefficient (Wildman–Crippen LogP) is 3.07. The number of nitrogens with zero attached hydrogens (tertiary/aromatic N) is 1. The molecule has 0 spiro atoms. The highest BCUT2D eigenvalue weighted by atomic mass is 19.1. The van der Waals surface area contributed by atoms with Crippen molar-refractivity contribution in [3.05, 3.63) is 35.6 Å². The Hall–Kier alpha value is -2.43. The highest BCUT2D eigenvalue weighted by molar-refractivity contribution is 5.74. The number of hydrogen-bond donors (Lipinski definition) is 3. The number of rotatable bonds is 11. The Kier molecular flexibility index (Phi) is 11.7. The van der Waals surface area contributed by atoms with Crippen LogP contribution >= 0.6 is 0 Å². The summed E-state index contributed by atoms with van der Waals surface area (Å²) in [5.41, 5.74) is 0.727. The summed E-state index contributed by atoms with van der Waals surface area (Å²) in [5.74, 6) is 0.121. The van der Waals surface area contributed by atoms with E-state index in [2.05, 4.69) is 20.7 Å². The fourth-order valence-corrected chi connectivity index (χ4v) is 5.14. The van der Waals surface area contributed by atoms with Gasteiger partial charge in [-0.05, 0) is 62.8 Å². The lowest BCUT2D eigenvalue weighted by molar-refractivity contribution is -0.00889. The van der Waals surface area contributed by atoms with Crippen molar-refractivity contribution in [3.63, 3.8) is 0 Å². The Morgan fingerprint density at radius 3 is 2.86 bits per heavy atom. The van der Waals surface area contributed by atoms with E-state index in [1.54, 1.807) is 6.07 Å². The number of piperidine rings is 1. The van der Waals surface area contributed by atoms with Gasteiger partial charge in [-0.3, -0.25) is 0 Å². The Balaban J connectivity index is 1.62. The van der Waals surface area contributed by atoms with Crippen LogP contribution in [-0.2, 0) is 14.2 Å². The lowest BCUT2D eigenvalue weighted by Gasteiger charge is -2.38. The summed E-state index contributed by atoms with van der Waals surface area (Å²) in [6, 6.07) is 6.33. The topological polar surface area (TPSA) is 101 Å². The van der Waals surface area contributed by atoms with E-state index in [4.69, 9.17) is 9.47 Å². The van der Waals surface area contributed by atoms with Crippen LogP contribution in [0.2, 0.25) is 0 Å². The molecular formula is C26H41FN4O5. The molecule has 2 unspecified atom stereocenters. The van der Waals surface area contributed by atoms with E-state index in [1.807, 2.05) is 18.0 Å². The largest absolute Gasteiger partial charge is 0.453 e. The molecule has 36 heavy (non-hydrogen) atoms. The van der Waals surface area contributed by atoms with Crippen molar-refractivity contribution in [1.29, 1.82) is 0 Å². The summed E-state index contributed by atoms with van der Waals surface area (Å²) in [7, 11) is 3.20. The molecule has 0 bridgehead atoms. The van der Waals surface area contributed by atoms with Crippen molar-refractivity contribution < 1.29 is 28.2 Å². The van der Waals surface area contributed by atoms with Crippen LogP contribution in [0.4, 0.5) is 14.0 Å². The van der Waals surface area contributed by atoms with Crippen LogP contribution in [0, 0.1) is 17.7 Å². The summed E-state index contributed by atoms with van der Waals surface area (Å²) < 4.78 is 30.4. The lowest BCUT2D eigenvalue weighted by atomic mass is 9.88. The average molecular weight is 509 g/mol. The Morgan fingerprint density at radius 1 is 1.28 bits per heavy atom. The summed E-state index contributed by atoms with van der Waals surface area (Å²) in [6.07, 6.45) is 3.83. The standard InChI is InChI=1S/C26H41FN4O5/c1-28-16-23(14-19-6-5-12-35-18-19)30-25(32)31-11-4-8-21(17-31)24(20-7-3-9-22(27)15-20)36-13-10-29-26(33)34-2/h3,7,9,15,19,21,23-24,28H,4-6,8,10-14,16-18H2,1-2H3,(H,29,33)(H,30,32)/t19?,21-,23?,24+/m1/s1. The number of likely N-dealkylation sites (tertiary alicyclic amines) is 1. The fourth-order valence-electron chi connectivity index (χ4n) is 5.14. The number of carbonyl (C=O) groups excluding carboxylic acids is 2. The number of nitrogens with one attached hydrogen (secondary N) is 3. The van der Waals surface area contributed by atoms with Crippen LogP contribution in [-0.4, -0.2) is 83.2 Å². The van der Waals surface area contributed by atoms with Crippen LogP contribution in [0.3, 0.4) is 0 Å². The maximum absolute atomic E-state index is 14.0. The molecule has 2 aliphatic rings. The maximum Gasteiger partial charge on any atom is 0.406 e. The van der Waals surface area contributed by atoms with Crippen molar-refractivity contribution in [2.24, 2.45) is 11.8 Å². The number of hydrogen-bond acceptors (Lipinski definition) is 6. The van der Waals surface area contributed by atoms with Crippen LogP contribution in [0.25, 0.3) is 0 Å². The number of likely N-dealkylation sites (N-methyl/N-ethyl adjacent to an activating group) is 1. The van der Waals surface area contributed by atoms with Crippen molar-refractivity contribution in [3.8, 4) is 0 Å². The minimum Gasteiger partial charge on any atom is -0.453 e. The first-order valence-corrected chi connectivity index (χ1v) is 13.0. The second-order valence-corrected chi connectivity index (χ2v) is 9.64. The first-order chi connectivity index (χ1) is 17.5. The van der Waals surface area contributed by atoms with Gasteiger partial charge in [0.2, 0.25) is 0 Å². The van der Waals surface area contributed by atoms with Gasteiger partial charge in [0, 0.05) is 51.4 Å². The summed E-state index contributed by atoms with van der Waals surface area (Å²) in [6.45, 7) is 3.96. The van der Waals surface area contributed by atoms with E-state index >= 15 is 0 Å². The third-order valence-electron chi connectivity index (χ3n) is 6.86. The maximum atomic E-state index is 14.0. The second kappa shape index (κ2) is 15.0. The molecule has 3 amide bonds. The molecule has 10 heteroatoms. The SMILES string of the molecule is CNCC(CC1CCCOC1)NC(=O)N1CCC[C@@H]([C@@H](OCCNC(=O)OC)c2cccc(F)c2)C1. The van der Waals surface area contributed by atoms with E-state index in [9.17, 15) is 14.0 Å². The van der Waals surface area contributed by atoms with Gasteiger partial charge in [0.05, 0.1) is 19.8 Å². The zero-order chi connectivity index (χ0) is 25.8. The van der Waals surface area contributed by atoms with Crippen LogP contribution < -0.4 is 16.0 Å². The van der Waals surface area contributed by atoms with Crippen LogP contribution in [0.1, 0.15) is 43.8 Å². The normalized spacial score (nSPS) is 21.9. The van der Waals surface area contributed by atoms with Gasteiger partial charge in [-0.2, -0.15) is 0 Å². The second-order valence-electron chi connectivity index (χ2n) is 9.64. The molecule has 3 N–H and O–H groups in total. The van der Waals surface area contributed by atoms with Gasteiger partial charge in [0.25, 0.3) is 0 Å². The number of methoxy groups -OCH3 is 1. The van der Waals surface area contributed by atoms with Crippen molar-refractivity contribution in [2.75, 3.05) is 60.2 Å². The molecule has 0 saturated carbocycles. The van der Waals surface area contributed by atoms with Gasteiger partial charge in [0.1, 0.15) is 5.82 Å². The summed E-state index contributed by atoms with van der Waals surface area (Å²) in [5, 5.41) is 9.01. The van der Waals surface area contributed by atoms with Crippen LogP contribution in [0.5, 0.6) is 0 Å². The summed E-state index contributed by atoms with van der Waals surface area (Å²) >= 11 is 0. The fraction of sp³-hybridized carbons (Fsp3) is 0.692. The molecule has 2 heterocycles. The lowest BCUT2D eigenvalue weighted by Crippen LogP contribution is -2.52. The Labute approximate surface area is 213 Å². The molecule has 2 fully saturated rings. The minimum absolute atomic E-state index is 0.000999. The van der Waals surface area contributed by atoms with Gasteiger partial charge in [-0.15, -0.1) is 0 Å². The number of halogens is 1. The molecule has 2 saturated heterocycles. The van der Waals surface area contributed by atoms with Crippen LogP contribution in [0.15, 0.2) is 24.3 Å². The average Bonchev–Trinajstić information content (AvgIpc) is 2.89. The van der Waals surface area contributed by atoms with Crippen molar-refractivity contribution >= 4 is 12.1 Å². The third-order valence-corrected chi connectivity index (χ3v) is 6.86. The number of benzene rings is 1. The number of urea groups is 1. The molecular weight excluding hydrogens is 467 g/mol.